The topological polar surface area (TPSA) is 51.2 Å². The highest BCUT2D eigenvalue weighted by Gasteiger charge is 2.32. The number of carbonyl (C=O) groups is 1. The molecule has 1 fully saturated rings. The van der Waals surface area contributed by atoms with E-state index in [0.717, 1.165) is 58.1 Å². The number of amides is 1. The summed E-state index contributed by atoms with van der Waals surface area (Å²) in [4.78, 5) is 23.3. The van der Waals surface area contributed by atoms with Gasteiger partial charge >= 0.3 is 0 Å². The average molecular weight is 444 g/mol. The van der Waals surface area contributed by atoms with Crippen molar-refractivity contribution in [2.75, 3.05) is 49.6 Å². The molecule has 1 saturated heterocycles. The molecule has 0 aliphatic carbocycles. The molecule has 1 unspecified atom stereocenters. The van der Waals surface area contributed by atoms with Gasteiger partial charge in [0, 0.05) is 70.0 Å². The molecule has 33 heavy (non-hydrogen) atoms. The normalized spacial score (nSPS) is 20.2. The molecule has 1 amide bonds. The van der Waals surface area contributed by atoms with E-state index in [0.29, 0.717) is 18.2 Å². The smallest absolute Gasteiger partial charge is 0.222 e. The van der Waals surface area contributed by atoms with Crippen LogP contribution in [0.25, 0.3) is 0 Å². The van der Waals surface area contributed by atoms with E-state index < -0.39 is 0 Å². The number of nitrogens with zero attached hydrogens (tertiary/aromatic N) is 4. The Morgan fingerprint density at radius 3 is 2.61 bits per heavy atom. The highest BCUT2D eigenvalue weighted by atomic mass is 16.2. The zero-order valence-electron chi connectivity index (χ0n) is 19.4. The van der Waals surface area contributed by atoms with E-state index in [1.54, 1.807) is 0 Å². The Morgan fingerprint density at radius 1 is 1.09 bits per heavy atom. The molecule has 3 heterocycles. The molecule has 0 spiro atoms. The van der Waals surface area contributed by atoms with Gasteiger partial charge in [0.2, 0.25) is 5.91 Å². The summed E-state index contributed by atoms with van der Waals surface area (Å²) < 4.78 is 0. The Morgan fingerprint density at radius 2 is 1.88 bits per heavy atom. The number of para-hydroxylation sites is 1. The number of hydrogen-bond donors (Lipinski definition) is 1. The third kappa shape index (κ3) is 4.61. The molecule has 6 heteroatoms. The highest BCUT2D eigenvalue weighted by molar-refractivity contribution is 5.98. The van der Waals surface area contributed by atoms with Crippen LogP contribution in [-0.4, -0.2) is 56.5 Å². The Bertz CT molecular complexity index is 1040. The molecule has 0 radical (unpaired) electrons. The van der Waals surface area contributed by atoms with Gasteiger partial charge in [0.15, 0.2) is 5.96 Å². The number of anilines is 2. The van der Waals surface area contributed by atoms with Crippen molar-refractivity contribution in [3.63, 3.8) is 0 Å². The lowest BCUT2D eigenvalue weighted by Gasteiger charge is -2.24. The maximum Gasteiger partial charge on any atom is 0.222 e. The molecular weight excluding hydrogens is 410 g/mol. The molecule has 0 aromatic heterocycles. The summed E-state index contributed by atoms with van der Waals surface area (Å²) in [6.07, 6.45) is 7.12. The second-order valence-electron chi connectivity index (χ2n) is 9.08. The zero-order valence-corrected chi connectivity index (χ0v) is 19.4. The van der Waals surface area contributed by atoms with Gasteiger partial charge in [-0.05, 0) is 42.2 Å². The van der Waals surface area contributed by atoms with Crippen LogP contribution in [0.2, 0.25) is 0 Å². The first-order valence-corrected chi connectivity index (χ1v) is 12.1. The van der Waals surface area contributed by atoms with E-state index in [1.165, 1.54) is 22.5 Å². The van der Waals surface area contributed by atoms with E-state index in [9.17, 15) is 4.79 Å². The zero-order chi connectivity index (χ0) is 22.6. The molecule has 3 aliphatic rings. The van der Waals surface area contributed by atoms with Crippen LogP contribution < -0.4 is 15.1 Å². The Labute approximate surface area is 196 Å². The third-order valence-corrected chi connectivity index (χ3v) is 7.03. The highest BCUT2D eigenvalue weighted by Crippen LogP contribution is 2.38. The quantitative estimate of drug-likeness (QED) is 0.420. The maximum absolute atomic E-state index is 12.0. The standard InChI is InChI=1S/C27H33N5O/c1-28-27(29-19-21-10-12-23(13-11-21)30-15-4-5-16-30)32-20-22(24-7-2-3-8-25(24)32)14-18-31-17-6-9-26(31)33/h2-5,7-8,10-13,22H,6,9,14-20H2,1H3,(H,28,29). The predicted molar refractivity (Wildman–Crippen MR) is 135 cm³/mol. The van der Waals surface area contributed by atoms with Crippen LogP contribution in [0, 0.1) is 0 Å². The van der Waals surface area contributed by atoms with Crippen molar-refractivity contribution in [3.05, 3.63) is 71.8 Å². The number of guanidine groups is 1. The van der Waals surface area contributed by atoms with Crippen molar-refractivity contribution in [1.82, 2.24) is 10.2 Å². The molecule has 2 aromatic carbocycles. The van der Waals surface area contributed by atoms with Crippen LogP contribution in [0.5, 0.6) is 0 Å². The van der Waals surface area contributed by atoms with Gasteiger partial charge in [-0.2, -0.15) is 0 Å². The van der Waals surface area contributed by atoms with Crippen molar-refractivity contribution >= 4 is 23.2 Å². The molecule has 0 bridgehead atoms. The van der Waals surface area contributed by atoms with Gasteiger partial charge < -0.3 is 20.0 Å². The van der Waals surface area contributed by atoms with Gasteiger partial charge in [0.05, 0.1) is 0 Å². The van der Waals surface area contributed by atoms with Crippen LogP contribution >= 0.6 is 0 Å². The number of carbonyl (C=O) groups excluding carboxylic acids is 1. The second kappa shape index (κ2) is 9.69. The fraction of sp³-hybridized carbons (Fsp3) is 0.407. The Balaban J connectivity index is 1.23. The number of hydrogen-bond acceptors (Lipinski definition) is 3. The van der Waals surface area contributed by atoms with Gasteiger partial charge in [-0.15, -0.1) is 0 Å². The fourth-order valence-electron chi connectivity index (χ4n) is 5.18. The molecule has 3 aliphatic heterocycles. The number of aliphatic imine (C=N–C) groups is 1. The van der Waals surface area contributed by atoms with Gasteiger partial charge in [-0.25, -0.2) is 0 Å². The van der Waals surface area contributed by atoms with Crippen molar-refractivity contribution in [1.29, 1.82) is 0 Å². The Kier molecular flexibility index (Phi) is 6.33. The first kappa shape index (κ1) is 21.6. The second-order valence-corrected chi connectivity index (χ2v) is 9.08. The SMILES string of the molecule is CN=C(NCc1ccc(N2CC=CC2)cc1)N1CC(CCN2CCCC2=O)c2ccccc21. The first-order chi connectivity index (χ1) is 16.2. The number of fused-ring (bicyclic) bond motifs is 1. The number of rotatable bonds is 6. The number of likely N-dealkylation sites (tertiary alicyclic amines) is 1. The summed E-state index contributed by atoms with van der Waals surface area (Å²) in [7, 11) is 1.85. The fourth-order valence-corrected chi connectivity index (χ4v) is 5.18. The van der Waals surface area contributed by atoms with Crippen LogP contribution in [0.15, 0.2) is 65.7 Å². The van der Waals surface area contributed by atoms with E-state index in [2.05, 4.69) is 80.8 Å². The van der Waals surface area contributed by atoms with Gasteiger partial charge in [-0.3, -0.25) is 9.79 Å². The summed E-state index contributed by atoms with van der Waals surface area (Å²) >= 11 is 0. The van der Waals surface area contributed by atoms with E-state index in [-0.39, 0.29) is 0 Å². The summed E-state index contributed by atoms with van der Waals surface area (Å²) in [6, 6.07) is 17.4. The van der Waals surface area contributed by atoms with Gasteiger partial charge in [0.25, 0.3) is 0 Å². The largest absolute Gasteiger partial charge is 0.364 e. The van der Waals surface area contributed by atoms with Crippen LogP contribution in [-0.2, 0) is 11.3 Å². The van der Waals surface area contributed by atoms with Crippen LogP contribution in [0.4, 0.5) is 11.4 Å². The van der Waals surface area contributed by atoms with Crippen molar-refractivity contribution in [2.45, 2.75) is 31.7 Å². The molecule has 172 valence electrons. The molecule has 5 rings (SSSR count). The Hall–Kier alpha value is -3.28. The van der Waals surface area contributed by atoms with Crippen LogP contribution in [0.3, 0.4) is 0 Å². The summed E-state index contributed by atoms with van der Waals surface area (Å²) in [5.41, 5.74) is 5.08. The summed E-state index contributed by atoms with van der Waals surface area (Å²) in [5.74, 6) is 1.61. The van der Waals surface area contributed by atoms with E-state index in [1.807, 2.05) is 11.9 Å². The van der Waals surface area contributed by atoms with Crippen molar-refractivity contribution in [2.24, 2.45) is 4.99 Å². The minimum absolute atomic E-state index is 0.308. The van der Waals surface area contributed by atoms with Gasteiger partial charge in [0.1, 0.15) is 0 Å². The molecule has 6 nitrogen and oxygen atoms in total. The molecule has 0 saturated carbocycles. The summed E-state index contributed by atoms with van der Waals surface area (Å²) in [6.45, 7) is 5.36. The number of benzene rings is 2. The average Bonchev–Trinajstić information content (AvgIpc) is 3.60. The lowest BCUT2D eigenvalue weighted by Crippen LogP contribution is -2.40. The maximum atomic E-state index is 12.0. The lowest BCUT2D eigenvalue weighted by atomic mass is 9.98. The van der Waals surface area contributed by atoms with E-state index >= 15 is 0 Å². The molecule has 1 N–H and O–H groups in total. The van der Waals surface area contributed by atoms with Gasteiger partial charge in [-0.1, -0.05) is 42.5 Å². The van der Waals surface area contributed by atoms with Crippen molar-refractivity contribution in [3.8, 4) is 0 Å². The molecular formula is C27H33N5O. The lowest BCUT2D eigenvalue weighted by molar-refractivity contribution is -0.127. The first-order valence-electron chi connectivity index (χ1n) is 12.1. The van der Waals surface area contributed by atoms with E-state index in [4.69, 9.17) is 0 Å². The summed E-state index contributed by atoms with van der Waals surface area (Å²) in [5, 5.41) is 3.57. The minimum atomic E-state index is 0.308. The molecule has 1 atom stereocenters. The van der Waals surface area contributed by atoms with Crippen LogP contribution in [0.1, 0.15) is 36.3 Å². The molecule has 2 aromatic rings. The number of nitrogens with one attached hydrogen (secondary N) is 1. The monoisotopic (exact) mass is 443 g/mol. The third-order valence-electron chi connectivity index (χ3n) is 7.03. The minimum Gasteiger partial charge on any atom is -0.364 e. The predicted octanol–water partition coefficient (Wildman–Crippen LogP) is 3.75. The van der Waals surface area contributed by atoms with Crippen molar-refractivity contribution < 1.29 is 4.79 Å².